The van der Waals surface area contributed by atoms with Crippen molar-refractivity contribution in [3.05, 3.63) is 12.4 Å². The fourth-order valence-corrected chi connectivity index (χ4v) is 1.65. The highest BCUT2D eigenvalue weighted by molar-refractivity contribution is 7.89. The average Bonchev–Trinajstić information content (AvgIpc) is 2.56. The van der Waals surface area contributed by atoms with Crippen molar-refractivity contribution in [3.63, 3.8) is 0 Å². The van der Waals surface area contributed by atoms with Gasteiger partial charge in [0.25, 0.3) is 0 Å². The van der Waals surface area contributed by atoms with E-state index >= 15 is 0 Å². The highest BCUT2D eigenvalue weighted by atomic mass is 32.2. The number of nitriles is 1. The molecule has 1 aromatic heterocycles. The summed E-state index contributed by atoms with van der Waals surface area (Å²) >= 11 is 0. The first-order valence-electron chi connectivity index (χ1n) is 3.52. The van der Waals surface area contributed by atoms with Gasteiger partial charge in [-0.2, -0.15) is 10.4 Å². The lowest BCUT2D eigenvalue weighted by atomic mass is 10.5. The maximum absolute atomic E-state index is 11.3. The van der Waals surface area contributed by atoms with Crippen LogP contribution in [0.15, 0.2) is 17.3 Å². The van der Waals surface area contributed by atoms with E-state index in [0.29, 0.717) is 0 Å². The van der Waals surface area contributed by atoms with Crippen molar-refractivity contribution in [2.24, 2.45) is 0 Å². The van der Waals surface area contributed by atoms with Gasteiger partial charge in [-0.05, 0) is 0 Å². The van der Waals surface area contributed by atoms with E-state index in [2.05, 4.69) is 14.9 Å². The second-order valence-corrected chi connectivity index (χ2v) is 4.01. The molecule has 2 N–H and O–H groups in total. The van der Waals surface area contributed by atoms with Crippen molar-refractivity contribution in [1.82, 2.24) is 14.9 Å². The van der Waals surface area contributed by atoms with Crippen molar-refractivity contribution in [1.29, 1.82) is 5.26 Å². The van der Waals surface area contributed by atoms with Crippen LogP contribution in [0.5, 0.6) is 0 Å². The second kappa shape index (κ2) is 4.02. The molecule has 1 heterocycles. The van der Waals surface area contributed by atoms with Crippen molar-refractivity contribution >= 4 is 10.0 Å². The highest BCUT2D eigenvalue weighted by Crippen LogP contribution is 2.03. The molecule has 0 aliphatic carbocycles. The molecule has 1 rings (SSSR count). The normalized spacial score (nSPS) is 11.0. The number of hydrogen-bond acceptors (Lipinski definition) is 4. The molecule has 7 heteroatoms. The molecule has 6 nitrogen and oxygen atoms in total. The predicted molar refractivity (Wildman–Crippen MR) is 44.0 cm³/mol. The summed E-state index contributed by atoms with van der Waals surface area (Å²) in [6.07, 6.45) is 2.63. The van der Waals surface area contributed by atoms with E-state index < -0.39 is 10.0 Å². The van der Waals surface area contributed by atoms with Gasteiger partial charge in [0, 0.05) is 19.2 Å². The Bertz CT molecular complexity index is 389. The quantitative estimate of drug-likeness (QED) is 0.646. The van der Waals surface area contributed by atoms with Gasteiger partial charge in [-0.15, -0.1) is 0 Å². The van der Waals surface area contributed by atoms with Crippen LogP contribution in [0.25, 0.3) is 0 Å². The maximum atomic E-state index is 11.3. The van der Waals surface area contributed by atoms with Gasteiger partial charge in [-0.25, -0.2) is 13.1 Å². The number of sulfonamides is 1. The predicted octanol–water partition coefficient (Wildman–Crippen LogP) is -0.398. The largest absolute Gasteiger partial charge is 0.284 e. The number of H-pyrrole nitrogens is 1. The maximum Gasteiger partial charge on any atom is 0.243 e. The number of nitrogens with zero attached hydrogens (tertiary/aromatic N) is 2. The Balaban J connectivity index is 2.64. The molecule has 1 aromatic rings. The zero-order valence-corrected chi connectivity index (χ0v) is 7.50. The van der Waals surface area contributed by atoms with Crippen LogP contribution in [0.4, 0.5) is 0 Å². The van der Waals surface area contributed by atoms with Crippen molar-refractivity contribution < 1.29 is 8.42 Å². The minimum Gasteiger partial charge on any atom is -0.284 e. The van der Waals surface area contributed by atoms with Crippen LogP contribution in [0.3, 0.4) is 0 Å². The standard InChI is InChI=1S/C6H8N4O2S/c7-2-1-3-10-13(11,12)6-4-8-9-5-6/h4-5,10H,1,3H2,(H,8,9). The average molecular weight is 200 g/mol. The lowest BCUT2D eigenvalue weighted by Crippen LogP contribution is -2.24. The van der Waals surface area contributed by atoms with Gasteiger partial charge in [0.1, 0.15) is 4.90 Å². The Morgan fingerprint density at radius 3 is 3.00 bits per heavy atom. The van der Waals surface area contributed by atoms with Crippen molar-refractivity contribution in [2.75, 3.05) is 6.54 Å². The molecule has 0 unspecified atom stereocenters. The molecule has 0 aliphatic heterocycles. The van der Waals surface area contributed by atoms with E-state index in [9.17, 15) is 8.42 Å². The van der Waals surface area contributed by atoms with E-state index in [1.807, 2.05) is 6.07 Å². The second-order valence-electron chi connectivity index (χ2n) is 2.24. The molecule has 0 aliphatic rings. The Hall–Kier alpha value is -1.39. The van der Waals surface area contributed by atoms with E-state index in [-0.39, 0.29) is 17.9 Å². The van der Waals surface area contributed by atoms with Crippen LogP contribution in [-0.2, 0) is 10.0 Å². The monoisotopic (exact) mass is 200 g/mol. The molecule has 0 atom stereocenters. The van der Waals surface area contributed by atoms with Crippen LogP contribution >= 0.6 is 0 Å². The van der Waals surface area contributed by atoms with Crippen LogP contribution < -0.4 is 4.72 Å². The molecule has 0 amide bonds. The summed E-state index contributed by atoms with van der Waals surface area (Å²) in [6.45, 7) is 0.115. The van der Waals surface area contributed by atoms with E-state index in [4.69, 9.17) is 5.26 Å². The highest BCUT2D eigenvalue weighted by Gasteiger charge is 2.13. The van der Waals surface area contributed by atoms with E-state index in [1.54, 1.807) is 0 Å². The number of aromatic amines is 1. The van der Waals surface area contributed by atoms with Gasteiger partial charge < -0.3 is 0 Å². The topological polar surface area (TPSA) is 98.6 Å². The molecule has 13 heavy (non-hydrogen) atoms. The fraction of sp³-hybridized carbons (Fsp3) is 0.333. The molecule has 0 saturated carbocycles. The van der Waals surface area contributed by atoms with Gasteiger partial charge in [-0.3, -0.25) is 5.10 Å². The van der Waals surface area contributed by atoms with E-state index in [1.165, 1.54) is 12.4 Å². The zero-order chi connectivity index (χ0) is 9.73. The fourth-order valence-electron chi connectivity index (χ4n) is 0.711. The summed E-state index contributed by atoms with van der Waals surface area (Å²) in [7, 11) is -3.48. The first kappa shape index (κ1) is 9.70. The summed E-state index contributed by atoms with van der Waals surface area (Å²) in [5.41, 5.74) is 0. The summed E-state index contributed by atoms with van der Waals surface area (Å²) in [4.78, 5) is 0.0745. The zero-order valence-electron chi connectivity index (χ0n) is 6.69. The number of nitrogens with one attached hydrogen (secondary N) is 2. The number of aromatic nitrogens is 2. The first-order chi connectivity index (χ1) is 6.17. The third-order valence-corrected chi connectivity index (χ3v) is 2.74. The van der Waals surface area contributed by atoms with Gasteiger partial charge in [-0.1, -0.05) is 0 Å². The number of hydrogen-bond donors (Lipinski definition) is 2. The lowest BCUT2D eigenvalue weighted by molar-refractivity contribution is 0.582. The molecule has 0 aromatic carbocycles. The molecule has 0 fully saturated rings. The van der Waals surface area contributed by atoms with Gasteiger partial charge in [0.15, 0.2) is 0 Å². The molecular weight excluding hydrogens is 192 g/mol. The molecule has 0 bridgehead atoms. The number of rotatable bonds is 4. The van der Waals surface area contributed by atoms with Crippen LogP contribution in [-0.4, -0.2) is 25.2 Å². The Morgan fingerprint density at radius 2 is 2.46 bits per heavy atom. The Labute approximate surface area is 75.6 Å². The molecular formula is C6H8N4O2S. The van der Waals surface area contributed by atoms with Crippen molar-refractivity contribution in [2.45, 2.75) is 11.3 Å². The van der Waals surface area contributed by atoms with Crippen LogP contribution in [0.1, 0.15) is 6.42 Å². The summed E-state index contributed by atoms with van der Waals surface area (Å²) in [5, 5.41) is 14.1. The van der Waals surface area contributed by atoms with Crippen molar-refractivity contribution in [3.8, 4) is 6.07 Å². The van der Waals surface area contributed by atoms with Crippen LogP contribution in [0, 0.1) is 11.3 Å². The Kier molecular flexibility index (Phi) is 3.00. The van der Waals surface area contributed by atoms with Gasteiger partial charge >= 0.3 is 0 Å². The van der Waals surface area contributed by atoms with E-state index in [0.717, 1.165) is 0 Å². The third kappa shape index (κ3) is 2.54. The molecule has 0 spiro atoms. The smallest absolute Gasteiger partial charge is 0.243 e. The van der Waals surface area contributed by atoms with Gasteiger partial charge in [0.05, 0.1) is 12.3 Å². The third-order valence-electron chi connectivity index (χ3n) is 1.31. The molecule has 0 saturated heterocycles. The molecule has 0 radical (unpaired) electrons. The minimum atomic E-state index is -3.48. The summed E-state index contributed by atoms with van der Waals surface area (Å²) in [5.74, 6) is 0. The molecule has 70 valence electrons. The first-order valence-corrected chi connectivity index (χ1v) is 5.00. The summed E-state index contributed by atoms with van der Waals surface area (Å²) in [6, 6.07) is 1.84. The summed E-state index contributed by atoms with van der Waals surface area (Å²) < 4.78 is 24.8. The lowest BCUT2D eigenvalue weighted by Gasteiger charge is -2.00. The van der Waals surface area contributed by atoms with Gasteiger partial charge in [0.2, 0.25) is 10.0 Å². The minimum absolute atomic E-state index is 0.0745. The van der Waals surface area contributed by atoms with Crippen LogP contribution in [0.2, 0.25) is 0 Å². The Morgan fingerprint density at radius 1 is 1.69 bits per heavy atom. The SMILES string of the molecule is N#CCCNS(=O)(=O)c1cn[nH]c1.